The molecule has 10 heavy (non-hydrogen) atoms. The van der Waals surface area contributed by atoms with Gasteiger partial charge >= 0.3 is 6.03 Å². The predicted octanol–water partition coefficient (Wildman–Crippen LogP) is -0.441. The third-order valence-corrected chi connectivity index (χ3v) is 1.12. The van der Waals surface area contributed by atoms with Crippen LogP contribution in [0.4, 0.5) is 4.79 Å². The minimum Gasteiger partial charge on any atom is -0.267 e. The van der Waals surface area contributed by atoms with Crippen molar-refractivity contribution in [3.05, 3.63) is 0 Å². The van der Waals surface area contributed by atoms with Crippen LogP contribution in [0.15, 0.2) is 5.10 Å². The number of rotatable bonds is 1. The van der Waals surface area contributed by atoms with E-state index in [1.165, 1.54) is 0 Å². The summed E-state index contributed by atoms with van der Waals surface area (Å²) in [6.07, 6.45) is 1.02. The molecule has 0 unspecified atom stereocenters. The topological polar surface area (TPSA) is 63.8 Å². The molecular formula is C5H6N3O2. The quantitative estimate of drug-likeness (QED) is 0.495. The predicted molar refractivity (Wildman–Crippen MR) is 33.4 cm³/mol. The minimum atomic E-state index is -0.588. The van der Waals surface area contributed by atoms with E-state index in [1.54, 1.807) is 6.92 Å². The monoisotopic (exact) mass is 140 g/mol. The molecule has 1 radical (unpaired) electrons. The van der Waals surface area contributed by atoms with E-state index in [-0.39, 0.29) is 0 Å². The number of hydrogen-bond acceptors (Lipinski definition) is 3. The molecule has 0 aromatic heterocycles. The van der Waals surface area contributed by atoms with Crippen molar-refractivity contribution in [2.24, 2.45) is 5.10 Å². The third kappa shape index (κ3) is 0.975. The van der Waals surface area contributed by atoms with Crippen molar-refractivity contribution in [3.63, 3.8) is 0 Å². The Bertz CT molecular complexity index is 199. The highest BCUT2D eigenvalue weighted by atomic mass is 16.2. The van der Waals surface area contributed by atoms with Gasteiger partial charge in [0, 0.05) is 6.54 Å². The molecule has 0 fully saturated rings. The largest absolute Gasteiger partial charge is 0.369 e. The van der Waals surface area contributed by atoms with Crippen molar-refractivity contribution in [2.75, 3.05) is 6.54 Å². The van der Waals surface area contributed by atoms with E-state index < -0.39 is 11.9 Å². The lowest BCUT2D eigenvalue weighted by molar-refractivity contribution is -0.121. The SMILES string of the molecule is CCN1C(=O)C=N[N]C1=O. The zero-order valence-electron chi connectivity index (χ0n) is 5.44. The molecule has 1 heterocycles. The van der Waals surface area contributed by atoms with Crippen LogP contribution in [0.25, 0.3) is 0 Å². The molecule has 0 aliphatic carbocycles. The molecule has 0 atom stereocenters. The summed E-state index contributed by atoms with van der Waals surface area (Å²) in [5.74, 6) is -0.400. The summed E-state index contributed by atoms with van der Waals surface area (Å²) in [6, 6.07) is -0.588. The van der Waals surface area contributed by atoms with Gasteiger partial charge in [-0.15, -0.1) is 5.10 Å². The van der Waals surface area contributed by atoms with Crippen LogP contribution in [0.1, 0.15) is 6.92 Å². The zero-order chi connectivity index (χ0) is 7.56. The van der Waals surface area contributed by atoms with Crippen LogP contribution in [0.2, 0.25) is 0 Å². The normalized spacial score (nSPS) is 17.5. The Balaban J connectivity index is 2.77. The summed E-state index contributed by atoms with van der Waals surface area (Å²) in [4.78, 5) is 22.4. The summed E-state index contributed by atoms with van der Waals surface area (Å²) in [5.41, 5.74) is 3.17. The van der Waals surface area contributed by atoms with Gasteiger partial charge in [0.2, 0.25) is 0 Å². The molecule has 53 valence electrons. The fourth-order valence-electron chi connectivity index (χ4n) is 0.637. The molecule has 0 saturated carbocycles. The molecule has 3 amide bonds. The van der Waals surface area contributed by atoms with Gasteiger partial charge in [0.25, 0.3) is 5.91 Å². The number of urea groups is 1. The standard InChI is InChI=1S/C5H6N3O2/c1-2-8-4(9)3-6-7-5(8)10/h3H,2H2,1H3. The number of hydrogen-bond donors (Lipinski definition) is 0. The van der Waals surface area contributed by atoms with E-state index in [0.717, 1.165) is 11.1 Å². The maximum atomic E-state index is 10.7. The molecule has 1 aliphatic heterocycles. The van der Waals surface area contributed by atoms with Crippen LogP contribution >= 0.6 is 0 Å². The summed E-state index contributed by atoms with van der Waals surface area (Å²) >= 11 is 0. The van der Waals surface area contributed by atoms with Gasteiger partial charge < -0.3 is 0 Å². The molecule has 0 bridgehead atoms. The van der Waals surface area contributed by atoms with Crippen molar-refractivity contribution in [3.8, 4) is 0 Å². The van der Waals surface area contributed by atoms with Crippen molar-refractivity contribution in [1.29, 1.82) is 0 Å². The first-order valence-corrected chi connectivity index (χ1v) is 2.85. The zero-order valence-corrected chi connectivity index (χ0v) is 5.44. The average molecular weight is 140 g/mol. The van der Waals surface area contributed by atoms with E-state index in [9.17, 15) is 9.59 Å². The van der Waals surface area contributed by atoms with Crippen molar-refractivity contribution in [2.45, 2.75) is 6.92 Å². The van der Waals surface area contributed by atoms with Gasteiger partial charge in [0.05, 0.1) is 0 Å². The summed E-state index contributed by atoms with van der Waals surface area (Å²) in [5, 5.41) is 3.20. The number of nitrogens with zero attached hydrogens (tertiary/aromatic N) is 3. The highest BCUT2D eigenvalue weighted by Gasteiger charge is 2.22. The lowest BCUT2D eigenvalue weighted by Gasteiger charge is -2.16. The number of carbonyl (C=O) groups excluding carboxylic acids is 2. The van der Waals surface area contributed by atoms with E-state index in [2.05, 4.69) is 10.5 Å². The van der Waals surface area contributed by atoms with Crippen LogP contribution in [0, 0.1) is 0 Å². The van der Waals surface area contributed by atoms with E-state index in [1.807, 2.05) is 0 Å². The maximum absolute atomic E-state index is 10.7. The van der Waals surface area contributed by atoms with Crippen molar-refractivity contribution in [1.82, 2.24) is 10.3 Å². The molecule has 0 spiro atoms. The Hall–Kier alpha value is -1.39. The number of amides is 3. The van der Waals surface area contributed by atoms with Crippen LogP contribution in [0.3, 0.4) is 0 Å². The van der Waals surface area contributed by atoms with E-state index in [0.29, 0.717) is 6.54 Å². The summed E-state index contributed by atoms with van der Waals surface area (Å²) < 4.78 is 0. The second kappa shape index (κ2) is 2.47. The Kier molecular flexibility index (Phi) is 1.66. The first-order chi connectivity index (χ1) is 4.75. The van der Waals surface area contributed by atoms with E-state index >= 15 is 0 Å². The molecular weight excluding hydrogens is 134 g/mol. The first-order valence-electron chi connectivity index (χ1n) is 2.85. The van der Waals surface area contributed by atoms with Gasteiger partial charge in [-0.2, -0.15) is 0 Å². The van der Waals surface area contributed by atoms with Gasteiger partial charge in [-0.25, -0.2) is 4.79 Å². The second-order valence-corrected chi connectivity index (χ2v) is 1.71. The lowest BCUT2D eigenvalue weighted by atomic mass is 10.5. The molecule has 0 saturated heterocycles. The second-order valence-electron chi connectivity index (χ2n) is 1.71. The van der Waals surface area contributed by atoms with Gasteiger partial charge in [-0.3, -0.25) is 9.69 Å². The molecule has 0 N–H and O–H groups in total. The highest BCUT2D eigenvalue weighted by molar-refractivity contribution is 6.30. The minimum absolute atomic E-state index is 0.340. The molecule has 5 nitrogen and oxygen atoms in total. The Morgan fingerprint density at radius 1 is 1.60 bits per heavy atom. The molecule has 5 heteroatoms. The van der Waals surface area contributed by atoms with Crippen LogP contribution in [-0.2, 0) is 4.79 Å². The Morgan fingerprint density at radius 2 is 2.30 bits per heavy atom. The fourth-order valence-corrected chi connectivity index (χ4v) is 0.637. The average Bonchev–Trinajstić information content (AvgIpc) is 1.88. The lowest BCUT2D eigenvalue weighted by Crippen LogP contribution is -2.43. The Morgan fingerprint density at radius 3 is 2.70 bits per heavy atom. The molecule has 0 aromatic carbocycles. The third-order valence-electron chi connectivity index (χ3n) is 1.12. The first kappa shape index (κ1) is 6.73. The summed E-state index contributed by atoms with van der Waals surface area (Å²) in [6.45, 7) is 2.04. The molecule has 1 aliphatic rings. The van der Waals surface area contributed by atoms with Crippen molar-refractivity contribution < 1.29 is 9.59 Å². The highest BCUT2D eigenvalue weighted by Crippen LogP contribution is 1.94. The fraction of sp³-hybridized carbons (Fsp3) is 0.400. The van der Waals surface area contributed by atoms with Gasteiger partial charge in [0.1, 0.15) is 6.21 Å². The van der Waals surface area contributed by atoms with Gasteiger partial charge in [-0.1, -0.05) is 5.43 Å². The van der Waals surface area contributed by atoms with Gasteiger partial charge in [0.15, 0.2) is 0 Å². The summed E-state index contributed by atoms with van der Waals surface area (Å²) in [7, 11) is 0. The number of imide groups is 1. The van der Waals surface area contributed by atoms with Crippen LogP contribution in [-0.4, -0.2) is 29.6 Å². The smallest absolute Gasteiger partial charge is 0.267 e. The van der Waals surface area contributed by atoms with Crippen molar-refractivity contribution >= 4 is 18.2 Å². The van der Waals surface area contributed by atoms with Gasteiger partial charge in [-0.05, 0) is 6.92 Å². The number of carbonyl (C=O) groups is 2. The molecule has 1 rings (SSSR count). The van der Waals surface area contributed by atoms with Crippen LogP contribution < -0.4 is 5.43 Å². The van der Waals surface area contributed by atoms with E-state index in [4.69, 9.17) is 0 Å². The Labute approximate surface area is 57.7 Å². The maximum Gasteiger partial charge on any atom is 0.369 e. The van der Waals surface area contributed by atoms with Crippen LogP contribution in [0.5, 0.6) is 0 Å². The molecule has 0 aromatic rings.